The Labute approximate surface area is 187 Å². The van der Waals surface area contributed by atoms with E-state index in [4.69, 9.17) is 9.47 Å². The van der Waals surface area contributed by atoms with Gasteiger partial charge in [0.25, 0.3) is 0 Å². The fourth-order valence-corrected chi connectivity index (χ4v) is 3.79. The Morgan fingerprint density at radius 3 is 2.47 bits per heavy atom. The molecular weight excluding hydrogens is 404 g/mol. The Bertz CT molecular complexity index is 1270. The average Bonchev–Trinajstić information content (AvgIpc) is 3.06. The Morgan fingerprint density at radius 2 is 1.69 bits per heavy atom. The topological polar surface area (TPSA) is 77.4 Å². The number of benzene rings is 3. The van der Waals surface area contributed by atoms with Crippen LogP contribution < -0.4 is 20.1 Å². The second kappa shape index (κ2) is 9.01. The fourth-order valence-electron chi connectivity index (χ4n) is 3.79. The molecule has 3 aromatic carbocycles. The molecule has 1 aromatic heterocycles. The number of ether oxygens (including phenoxy) is 2. The van der Waals surface area contributed by atoms with Crippen LogP contribution in [-0.2, 0) is 6.54 Å². The van der Waals surface area contributed by atoms with Crippen molar-refractivity contribution in [1.82, 2.24) is 9.78 Å². The molecule has 4 aromatic rings. The van der Waals surface area contributed by atoms with Crippen molar-refractivity contribution in [2.75, 3.05) is 24.9 Å². The highest BCUT2D eigenvalue weighted by Crippen LogP contribution is 2.29. The number of hydrogen-bond donors (Lipinski definition) is 2. The van der Waals surface area contributed by atoms with Gasteiger partial charge in [0.05, 0.1) is 43.5 Å². The average molecular weight is 431 g/mol. The van der Waals surface area contributed by atoms with Crippen LogP contribution in [0.5, 0.6) is 11.5 Å². The first-order chi connectivity index (χ1) is 15.5. The first-order valence-electron chi connectivity index (χ1n) is 10.3. The number of nitrogens with zero attached hydrogens (tertiary/aromatic N) is 2. The normalized spacial score (nSPS) is 10.8. The third-order valence-electron chi connectivity index (χ3n) is 5.44. The number of anilines is 2. The maximum atomic E-state index is 12.8. The summed E-state index contributed by atoms with van der Waals surface area (Å²) in [7, 11) is 3.22. The van der Waals surface area contributed by atoms with Gasteiger partial charge >= 0.3 is 6.03 Å². The molecule has 0 bridgehead atoms. The van der Waals surface area contributed by atoms with Gasteiger partial charge in [0, 0.05) is 5.39 Å². The standard InChI is InChI=1S/C25H26N4O3/c1-16-24(27-25(30)26-21-11-7-9-19-8-5-6-10-20(19)21)17(2)29(28-16)15-18-12-13-22(31-3)23(14-18)32-4/h5-14H,15H2,1-4H3,(H2,26,27,30). The van der Waals surface area contributed by atoms with E-state index in [1.165, 1.54) is 0 Å². The van der Waals surface area contributed by atoms with Gasteiger partial charge in [-0.2, -0.15) is 5.10 Å². The van der Waals surface area contributed by atoms with E-state index in [2.05, 4.69) is 15.7 Å². The predicted molar refractivity (Wildman–Crippen MR) is 127 cm³/mol. The Hall–Kier alpha value is -4.00. The van der Waals surface area contributed by atoms with Gasteiger partial charge < -0.3 is 20.1 Å². The summed E-state index contributed by atoms with van der Waals surface area (Å²) in [5, 5.41) is 12.6. The SMILES string of the molecule is COc1ccc(Cn2nc(C)c(NC(=O)Nc3cccc4ccccc34)c2C)cc1OC. The Kier molecular flexibility index (Phi) is 5.98. The highest BCUT2D eigenvalue weighted by atomic mass is 16.5. The molecule has 164 valence electrons. The van der Waals surface area contributed by atoms with Crippen LogP contribution >= 0.6 is 0 Å². The van der Waals surface area contributed by atoms with Crippen molar-refractivity contribution in [2.45, 2.75) is 20.4 Å². The lowest BCUT2D eigenvalue weighted by Crippen LogP contribution is -2.20. The highest BCUT2D eigenvalue weighted by Gasteiger charge is 2.16. The number of urea groups is 1. The van der Waals surface area contributed by atoms with Gasteiger partial charge in [-0.05, 0) is 43.0 Å². The first kappa shape index (κ1) is 21.2. The quantitative estimate of drug-likeness (QED) is 0.432. The van der Waals surface area contributed by atoms with Gasteiger partial charge in [-0.1, -0.05) is 42.5 Å². The molecule has 1 heterocycles. The molecule has 0 aliphatic rings. The molecule has 0 aliphatic heterocycles. The van der Waals surface area contributed by atoms with E-state index in [9.17, 15) is 4.79 Å². The van der Waals surface area contributed by atoms with E-state index in [0.717, 1.165) is 33.4 Å². The highest BCUT2D eigenvalue weighted by molar-refractivity contribution is 6.06. The van der Waals surface area contributed by atoms with Gasteiger partial charge in [-0.15, -0.1) is 0 Å². The van der Waals surface area contributed by atoms with Crippen molar-refractivity contribution >= 4 is 28.2 Å². The molecular formula is C25H26N4O3. The number of amides is 2. The number of carbonyl (C=O) groups is 1. The summed E-state index contributed by atoms with van der Waals surface area (Å²) in [6, 6.07) is 19.2. The minimum absolute atomic E-state index is 0.307. The maximum Gasteiger partial charge on any atom is 0.323 e. The van der Waals surface area contributed by atoms with Crippen LogP contribution in [0, 0.1) is 13.8 Å². The second-order valence-electron chi connectivity index (χ2n) is 7.50. The van der Waals surface area contributed by atoms with Crippen molar-refractivity contribution in [3.8, 4) is 11.5 Å². The fraction of sp³-hybridized carbons (Fsp3) is 0.200. The molecule has 7 nitrogen and oxygen atoms in total. The molecule has 2 amide bonds. The van der Waals surface area contributed by atoms with Gasteiger partial charge in [0.1, 0.15) is 0 Å². The van der Waals surface area contributed by atoms with Crippen LogP contribution in [0.15, 0.2) is 60.7 Å². The summed E-state index contributed by atoms with van der Waals surface area (Å²) in [4.78, 5) is 12.8. The van der Waals surface area contributed by atoms with E-state index < -0.39 is 0 Å². The van der Waals surface area contributed by atoms with Crippen molar-refractivity contribution < 1.29 is 14.3 Å². The third-order valence-corrected chi connectivity index (χ3v) is 5.44. The number of nitrogens with one attached hydrogen (secondary N) is 2. The van der Waals surface area contributed by atoms with E-state index in [1.807, 2.05) is 79.2 Å². The van der Waals surface area contributed by atoms with E-state index in [-0.39, 0.29) is 6.03 Å². The lowest BCUT2D eigenvalue weighted by molar-refractivity contribution is 0.262. The molecule has 0 saturated heterocycles. The van der Waals surface area contributed by atoms with Gasteiger partial charge in [0.15, 0.2) is 11.5 Å². The molecule has 4 rings (SSSR count). The summed E-state index contributed by atoms with van der Waals surface area (Å²) in [5.41, 5.74) is 4.08. The van der Waals surface area contributed by atoms with Crippen LogP contribution in [-0.4, -0.2) is 30.0 Å². The van der Waals surface area contributed by atoms with Crippen LogP contribution in [0.3, 0.4) is 0 Å². The summed E-state index contributed by atoms with van der Waals surface area (Å²) >= 11 is 0. The number of hydrogen-bond acceptors (Lipinski definition) is 4. The second-order valence-corrected chi connectivity index (χ2v) is 7.50. The Morgan fingerprint density at radius 1 is 0.938 bits per heavy atom. The molecule has 0 fully saturated rings. The van der Waals surface area contributed by atoms with Gasteiger partial charge in [-0.3, -0.25) is 4.68 Å². The van der Waals surface area contributed by atoms with Crippen molar-refractivity contribution in [1.29, 1.82) is 0 Å². The largest absolute Gasteiger partial charge is 0.493 e. The minimum Gasteiger partial charge on any atom is -0.493 e. The summed E-state index contributed by atoms with van der Waals surface area (Å²) in [6.07, 6.45) is 0. The molecule has 0 radical (unpaired) electrons. The van der Waals surface area contributed by atoms with Crippen LogP contribution in [0.4, 0.5) is 16.2 Å². The summed E-state index contributed by atoms with van der Waals surface area (Å²) in [6.45, 7) is 4.36. The van der Waals surface area contributed by atoms with Crippen molar-refractivity contribution in [3.63, 3.8) is 0 Å². The van der Waals surface area contributed by atoms with E-state index in [0.29, 0.717) is 23.7 Å². The molecule has 0 unspecified atom stereocenters. The zero-order valence-electron chi connectivity index (χ0n) is 18.6. The number of aryl methyl sites for hydroxylation is 1. The number of aromatic nitrogens is 2. The molecule has 2 N–H and O–H groups in total. The van der Waals surface area contributed by atoms with Crippen LogP contribution in [0.1, 0.15) is 17.0 Å². The van der Waals surface area contributed by atoms with Crippen LogP contribution in [0.25, 0.3) is 10.8 Å². The lowest BCUT2D eigenvalue weighted by Gasteiger charge is -2.12. The zero-order chi connectivity index (χ0) is 22.7. The maximum absolute atomic E-state index is 12.8. The minimum atomic E-state index is -0.307. The monoisotopic (exact) mass is 430 g/mol. The predicted octanol–water partition coefficient (Wildman–Crippen LogP) is 5.36. The molecule has 32 heavy (non-hydrogen) atoms. The molecule has 0 atom stereocenters. The first-order valence-corrected chi connectivity index (χ1v) is 10.3. The molecule has 0 aliphatic carbocycles. The number of methoxy groups -OCH3 is 2. The van der Waals surface area contributed by atoms with Gasteiger partial charge in [-0.25, -0.2) is 4.79 Å². The molecule has 0 saturated carbocycles. The molecule has 0 spiro atoms. The number of fused-ring (bicyclic) bond motifs is 1. The van der Waals surface area contributed by atoms with E-state index >= 15 is 0 Å². The lowest BCUT2D eigenvalue weighted by atomic mass is 10.1. The number of carbonyl (C=O) groups excluding carboxylic acids is 1. The van der Waals surface area contributed by atoms with Crippen LogP contribution in [0.2, 0.25) is 0 Å². The third kappa shape index (κ3) is 4.23. The van der Waals surface area contributed by atoms with Crippen molar-refractivity contribution in [2.24, 2.45) is 0 Å². The van der Waals surface area contributed by atoms with E-state index in [1.54, 1.807) is 14.2 Å². The zero-order valence-corrected chi connectivity index (χ0v) is 18.6. The smallest absolute Gasteiger partial charge is 0.323 e. The number of rotatable bonds is 6. The van der Waals surface area contributed by atoms with Gasteiger partial charge in [0.2, 0.25) is 0 Å². The Balaban J connectivity index is 1.52. The summed E-state index contributed by atoms with van der Waals surface area (Å²) in [5.74, 6) is 1.34. The summed E-state index contributed by atoms with van der Waals surface area (Å²) < 4.78 is 12.6. The van der Waals surface area contributed by atoms with Crippen molar-refractivity contribution in [3.05, 3.63) is 77.6 Å². The molecule has 7 heteroatoms.